The first kappa shape index (κ1) is 19.6. The fourth-order valence-electron chi connectivity index (χ4n) is 1.89. The van der Waals surface area contributed by atoms with Gasteiger partial charge in [0, 0.05) is 0 Å². The number of carbonyl (C=O) groups excluding carboxylic acids is 2. The van der Waals surface area contributed by atoms with E-state index in [1.165, 1.54) is 0 Å². The Morgan fingerprint density at radius 2 is 1.48 bits per heavy atom. The van der Waals surface area contributed by atoms with E-state index in [-0.39, 0.29) is 5.91 Å². The number of allylic oxidation sites excluding steroid dienone is 2. The van der Waals surface area contributed by atoms with E-state index in [4.69, 9.17) is 17.2 Å². The Morgan fingerprint density at radius 1 is 1.00 bits per heavy atom. The van der Waals surface area contributed by atoms with Gasteiger partial charge in [-0.2, -0.15) is 0 Å². The van der Waals surface area contributed by atoms with Gasteiger partial charge in [0.15, 0.2) is 0 Å². The molecule has 0 aromatic rings. The van der Waals surface area contributed by atoms with Crippen LogP contribution in [0.1, 0.15) is 52.4 Å². The van der Waals surface area contributed by atoms with Crippen molar-refractivity contribution < 1.29 is 9.59 Å². The van der Waals surface area contributed by atoms with Crippen molar-refractivity contribution in [3.05, 3.63) is 12.2 Å². The zero-order valence-electron chi connectivity index (χ0n) is 13.4. The summed E-state index contributed by atoms with van der Waals surface area (Å²) in [5.74, 6) is -0.799. The molecule has 0 fully saturated rings. The van der Waals surface area contributed by atoms with Crippen LogP contribution < -0.4 is 22.5 Å². The molecule has 2 amide bonds. The Kier molecular flexibility index (Phi) is 8.21. The van der Waals surface area contributed by atoms with Gasteiger partial charge in [0.2, 0.25) is 11.8 Å². The summed E-state index contributed by atoms with van der Waals surface area (Å²) in [6, 6.07) is 0. The van der Waals surface area contributed by atoms with Crippen LogP contribution in [0.25, 0.3) is 0 Å². The Balaban J connectivity index is 3.85. The largest absolute Gasteiger partial charge is 0.368 e. The molecule has 6 heteroatoms. The highest BCUT2D eigenvalue weighted by molar-refractivity contribution is 5.84. The molecule has 21 heavy (non-hydrogen) atoms. The molecule has 0 aliphatic rings. The van der Waals surface area contributed by atoms with Crippen molar-refractivity contribution >= 4 is 11.8 Å². The highest BCUT2D eigenvalue weighted by Crippen LogP contribution is 2.14. The van der Waals surface area contributed by atoms with E-state index in [0.29, 0.717) is 12.8 Å². The maximum Gasteiger partial charge on any atom is 0.237 e. The average Bonchev–Trinajstić information content (AvgIpc) is 2.40. The normalized spacial score (nSPS) is 17.3. The number of nitrogens with two attached hydrogens (primary N) is 3. The van der Waals surface area contributed by atoms with Crippen molar-refractivity contribution in [2.24, 2.45) is 17.2 Å². The second-order valence-corrected chi connectivity index (χ2v) is 5.98. The third-order valence-corrected chi connectivity index (χ3v) is 3.94. The van der Waals surface area contributed by atoms with E-state index in [2.05, 4.69) is 17.5 Å². The molecule has 0 radical (unpaired) electrons. The summed E-state index contributed by atoms with van der Waals surface area (Å²) in [6.45, 7) is 3.46. The predicted molar refractivity (Wildman–Crippen MR) is 85.3 cm³/mol. The lowest BCUT2D eigenvalue weighted by Gasteiger charge is -2.24. The summed E-state index contributed by atoms with van der Waals surface area (Å²) < 4.78 is 0. The van der Waals surface area contributed by atoms with Crippen LogP contribution in [0.2, 0.25) is 0 Å². The highest BCUT2D eigenvalue weighted by Gasteiger charge is 2.27. The van der Waals surface area contributed by atoms with Crippen molar-refractivity contribution in [3.8, 4) is 0 Å². The molecule has 0 saturated carbocycles. The van der Waals surface area contributed by atoms with Crippen molar-refractivity contribution in [2.45, 2.75) is 63.5 Å². The summed E-state index contributed by atoms with van der Waals surface area (Å²) in [5, 5.41) is 2.96. The summed E-state index contributed by atoms with van der Waals surface area (Å²) in [7, 11) is 1.74. The van der Waals surface area contributed by atoms with E-state index in [1.54, 1.807) is 14.0 Å². The molecule has 0 aromatic carbocycles. The lowest BCUT2D eigenvalue weighted by molar-refractivity contribution is -0.124. The number of nitrogens with one attached hydrogen (secondary N) is 1. The summed E-state index contributed by atoms with van der Waals surface area (Å²) >= 11 is 0. The third kappa shape index (κ3) is 7.24. The van der Waals surface area contributed by atoms with Crippen molar-refractivity contribution in [1.29, 1.82) is 0 Å². The maximum atomic E-state index is 11.3. The van der Waals surface area contributed by atoms with Crippen molar-refractivity contribution in [1.82, 2.24) is 5.32 Å². The van der Waals surface area contributed by atoms with Crippen LogP contribution in [-0.4, -0.2) is 29.9 Å². The van der Waals surface area contributed by atoms with E-state index in [9.17, 15) is 9.59 Å². The first-order valence-corrected chi connectivity index (χ1v) is 7.38. The fourth-order valence-corrected chi connectivity index (χ4v) is 1.89. The zero-order valence-corrected chi connectivity index (χ0v) is 13.4. The fraction of sp³-hybridized carbons (Fsp3) is 0.733. The van der Waals surface area contributed by atoms with Gasteiger partial charge in [-0.3, -0.25) is 9.59 Å². The second kappa shape index (κ2) is 8.79. The van der Waals surface area contributed by atoms with Gasteiger partial charge in [-0.25, -0.2) is 0 Å². The smallest absolute Gasteiger partial charge is 0.237 e. The number of carbonyl (C=O) groups is 2. The minimum atomic E-state index is -0.927. The van der Waals surface area contributed by atoms with Gasteiger partial charge in [-0.15, -0.1) is 0 Å². The Labute approximate surface area is 127 Å². The molecule has 0 aromatic heterocycles. The van der Waals surface area contributed by atoms with Gasteiger partial charge in [0.1, 0.15) is 0 Å². The van der Waals surface area contributed by atoms with E-state index < -0.39 is 17.0 Å². The topological polar surface area (TPSA) is 124 Å². The van der Waals surface area contributed by atoms with Crippen LogP contribution in [0, 0.1) is 0 Å². The quantitative estimate of drug-likeness (QED) is 0.328. The number of primary amides is 2. The van der Waals surface area contributed by atoms with Gasteiger partial charge in [-0.1, -0.05) is 12.2 Å². The molecular formula is C15H30N4O2. The molecule has 0 unspecified atom stereocenters. The number of hydrogen-bond acceptors (Lipinski definition) is 4. The van der Waals surface area contributed by atoms with Crippen LogP contribution in [-0.2, 0) is 9.59 Å². The molecule has 0 heterocycles. The van der Waals surface area contributed by atoms with Crippen LogP contribution in [0.15, 0.2) is 12.2 Å². The lowest BCUT2D eigenvalue weighted by Crippen LogP contribution is -2.51. The van der Waals surface area contributed by atoms with Crippen molar-refractivity contribution in [3.63, 3.8) is 0 Å². The monoisotopic (exact) mass is 298 g/mol. The minimum absolute atomic E-state index is 0.331. The second-order valence-electron chi connectivity index (χ2n) is 5.98. The molecule has 122 valence electrons. The van der Waals surface area contributed by atoms with Crippen LogP contribution in [0.3, 0.4) is 0 Å². The van der Waals surface area contributed by atoms with Crippen LogP contribution in [0.4, 0.5) is 0 Å². The van der Waals surface area contributed by atoms with Gasteiger partial charge in [0.05, 0.1) is 11.1 Å². The first-order chi connectivity index (χ1) is 9.65. The zero-order chi connectivity index (χ0) is 16.5. The number of rotatable bonds is 11. The van der Waals surface area contributed by atoms with E-state index in [0.717, 1.165) is 25.7 Å². The molecule has 7 N–H and O–H groups in total. The summed E-state index contributed by atoms with van der Waals surface area (Å²) in [5.41, 5.74) is 14.8. The molecule has 0 spiro atoms. The highest BCUT2D eigenvalue weighted by atomic mass is 16.2. The average molecular weight is 298 g/mol. The van der Waals surface area contributed by atoms with Gasteiger partial charge in [0.25, 0.3) is 0 Å². The lowest BCUT2D eigenvalue weighted by atomic mass is 9.94. The standard InChI is InChI=1S/C15H30N4O2/c1-14(18,12(16)20)10-8-6-4-5-7-9-11-15(2,19-3)13(17)21/h4-5,19H,6-11,18H2,1-3H3,(H2,16,20)(H2,17,21)/b5-4+/t14-,15-/m0/s1. The number of unbranched alkanes of at least 4 members (excludes halogenated alkanes) is 2. The SMILES string of the molecule is CN[C@@](C)(CCC/C=C/CCC[C@](C)(N)C(N)=O)C(N)=O. The summed E-state index contributed by atoms with van der Waals surface area (Å²) in [6.07, 6.45) is 8.87. The Bertz CT molecular complexity index is 380. The molecule has 0 rings (SSSR count). The molecule has 0 aliphatic heterocycles. The Morgan fingerprint density at radius 3 is 1.86 bits per heavy atom. The third-order valence-electron chi connectivity index (χ3n) is 3.94. The van der Waals surface area contributed by atoms with Gasteiger partial charge < -0.3 is 22.5 Å². The van der Waals surface area contributed by atoms with Crippen molar-refractivity contribution in [2.75, 3.05) is 7.05 Å². The van der Waals surface area contributed by atoms with E-state index >= 15 is 0 Å². The molecular weight excluding hydrogens is 268 g/mol. The minimum Gasteiger partial charge on any atom is -0.368 e. The van der Waals surface area contributed by atoms with Crippen LogP contribution in [0.5, 0.6) is 0 Å². The Hall–Kier alpha value is -1.40. The van der Waals surface area contributed by atoms with Crippen LogP contribution >= 0.6 is 0 Å². The first-order valence-electron chi connectivity index (χ1n) is 7.38. The number of amides is 2. The molecule has 6 nitrogen and oxygen atoms in total. The summed E-state index contributed by atoms with van der Waals surface area (Å²) in [4.78, 5) is 22.3. The van der Waals surface area contributed by atoms with Gasteiger partial charge >= 0.3 is 0 Å². The molecule has 0 saturated heterocycles. The molecule has 0 aliphatic carbocycles. The number of hydrogen-bond donors (Lipinski definition) is 4. The van der Waals surface area contributed by atoms with Gasteiger partial charge in [-0.05, 0) is 59.4 Å². The maximum absolute atomic E-state index is 11.3. The number of likely N-dealkylation sites (N-methyl/N-ethyl adjacent to an activating group) is 1. The molecule has 0 bridgehead atoms. The van der Waals surface area contributed by atoms with E-state index in [1.807, 2.05) is 6.92 Å². The molecule has 2 atom stereocenters. The predicted octanol–water partition coefficient (Wildman–Crippen LogP) is 0.549.